The Morgan fingerprint density at radius 2 is 1.82 bits per heavy atom. The van der Waals surface area contributed by atoms with Crippen LogP contribution in [-0.4, -0.2) is 19.1 Å². The normalized spacial score (nSPS) is 33.7. The van der Waals surface area contributed by atoms with Gasteiger partial charge in [0.1, 0.15) is 0 Å². The molecule has 0 amide bonds. The molecule has 0 aromatic carbocycles. The first-order valence-electron chi connectivity index (χ1n) is 7.11. The summed E-state index contributed by atoms with van der Waals surface area (Å²) in [4.78, 5) is 0. The van der Waals surface area contributed by atoms with E-state index in [0.717, 1.165) is 19.0 Å². The van der Waals surface area contributed by atoms with Crippen LogP contribution in [0.15, 0.2) is 0 Å². The molecule has 0 aromatic rings. The first-order valence-corrected chi connectivity index (χ1v) is 7.11. The van der Waals surface area contributed by atoms with E-state index in [0.29, 0.717) is 22.8 Å². The number of rotatable bonds is 3. The minimum atomic E-state index is 0.364. The third-order valence-electron chi connectivity index (χ3n) is 4.76. The maximum absolute atomic E-state index is 6.19. The van der Waals surface area contributed by atoms with Gasteiger partial charge in [0.25, 0.3) is 0 Å². The second-order valence-corrected chi connectivity index (χ2v) is 7.74. The molecule has 0 bridgehead atoms. The standard InChI is InChI=1S/C15H32N2/c1-11-13(16)8-7-12(15(11,5)6)9-17-10-14(2,3)4/h11-13,17H,7-10,16H2,1-6H3. The lowest BCUT2D eigenvalue weighted by Crippen LogP contribution is -2.49. The summed E-state index contributed by atoms with van der Waals surface area (Å²) < 4.78 is 0. The second-order valence-electron chi connectivity index (χ2n) is 7.74. The van der Waals surface area contributed by atoms with Crippen molar-refractivity contribution in [2.75, 3.05) is 13.1 Å². The monoisotopic (exact) mass is 240 g/mol. The van der Waals surface area contributed by atoms with Gasteiger partial charge < -0.3 is 11.1 Å². The van der Waals surface area contributed by atoms with Crippen LogP contribution < -0.4 is 11.1 Å². The van der Waals surface area contributed by atoms with E-state index in [9.17, 15) is 0 Å². The van der Waals surface area contributed by atoms with Crippen molar-refractivity contribution in [3.8, 4) is 0 Å². The molecule has 0 aliphatic heterocycles. The van der Waals surface area contributed by atoms with Crippen molar-refractivity contribution < 1.29 is 0 Å². The van der Waals surface area contributed by atoms with E-state index in [4.69, 9.17) is 5.73 Å². The molecule has 0 heterocycles. The third-order valence-corrected chi connectivity index (χ3v) is 4.76. The van der Waals surface area contributed by atoms with Gasteiger partial charge in [-0.3, -0.25) is 0 Å². The predicted octanol–water partition coefficient (Wildman–Crippen LogP) is 3.02. The maximum atomic E-state index is 6.19. The van der Waals surface area contributed by atoms with Crippen LogP contribution in [0.4, 0.5) is 0 Å². The molecule has 1 fully saturated rings. The van der Waals surface area contributed by atoms with Crippen LogP contribution in [0.5, 0.6) is 0 Å². The predicted molar refractivity (Wildman–Crippen MR) is 76.0 cm³/mol. The summed E-state index contributed by atoms with van der Waals surface area (Å²) in [5.41, 5.74) is 6.93. The average Bonchev–Trinajstić information content (AvgIpc) is 2.17. The Kier molecular flexibility index (Phi) is 4.65. The highest BCUT2D eigenvalue weighted by Crippen LogP contribution is 2.43. The fourth-order valence-electron chi connectivity index (χ4n) is 2.93. The Morgan fingerprint density at radius 1 is 1.24 bits per heavy atom. The van der Waals surface area contributed by atoms with E-state index in [-0.39, 0.29) is 0 Å². The highest BCUT2D eigenvalue weighted by Gasteiger charge is 2.41. The smallest absolute Gasteiger partial charge is 0.00698 e. The van der Waals surface area contributed by atoms with E-state index in [2.05, 4.69) is 46.9 Å². The van der Waals surface area contributed by atoms with Gasteiger partial charge in [-0.05, 0) is 48.6 Å². The van der Waals surface area contributed by atoms with Gasteiger partial charge >= 0.3 is 0 Å². The van der Waals surface area contributed by atoms with E-state index >= 15 is 0 Å². The van der Waals surface area contributed by atoms with Gasteiger partial charge in [-0.2, -0.15) is 0 Å². The largest absolute Gasteiger partial charge is 0.327 e. The molecular weight excluding hydrogens is 208 g/mol. The molecule has 0 radical (unpaired) electrons. The molecule has 1 aliphatic carbocycles. The Hall–Kier alpha value is -0.0800. The van der Waals surface area contributed by atoms with Crippen LogP contribution >= 0.6 is 0 Å². The lowest BCUT2D eigenvalue weighted by Gasteiger charge is -2.47. The molecule has 0 saturated heterocycles. The van der Waals surface area contributed by atoms with Gasteiger partial charge in [-0.1, -0.05) is 41.5 Å². The highest BCUT2D eigenvalue weighted by atomic mass is 14.9. The molecule has 1 rings (SSSR count). The molecule has 2 nitrogen and oxygen atoms in total. The van der Waals surface area contributed by atoms with Crippen LogP contribution in [0.25, 0.3) is 0 Å². The van der Waals surface area contributed by atoms with Crippen molar-refractivity contribution in [2.24, 2.45) is 28.4 Å². The van der Waals surface area contributed by atoms with Crippen LogP contribution in [0.3, 0.4) is 0 Å². The first-order chi connectivity index (χ1) is 7.64. The quantitative estimate of drug-likeness (QED) is 0.796. The Labute approximate surface area is 108 Å². The zero-order valence-electron chi connectivity index (χ0n) is 12.6. The summed E-state index contributed by atoms with van der Waals surface area (Å²) in [6, 6.07) is 0.392. The van der Waals surface area contributed by atoms with Crippen molar-refractivity contribution in [2.45, 2.75) is 60.4 Å². The molecule has 0 spiro atoms. The summed E-state index contributed by atoms with van der Waals surface area (Å²) in [6.45, 7) is 16.2. The van der Waals surface area contributed by atoms with Crippen LogP contribution in [0.2, 0.25) is 0 Å². The molecular formula is C15H32N2. The Balaban J connectivity index is 2.48. The fraction of sp³-hybridized carbons (Fsp3) is 1.00. The number of nitrogens with one attached hydrogen (secondary N) is 1. The van der Waals surface area contributed by atoms with Gasteiger partial charge in [0.05, 0.1) is 0 Å². The molecule has 17 heavy (non-hydrogen) atoms. The third kappa shape index (κ3) is 3.96. The molecule has 3 N–H and O–H groups in total. The average molecular weight is 240 g/mol. The Morgan fingerprint density at radius 3 is 2.35 bits per heavy atom. The number of hydrogen-bond acceptors (Lipinski definition) is 2. The van der Waals surface area contributed by atoms with Gasteiger partial charge in [0.2, 0.25) is 0 Å². The lowest BCUT2D eigenvalue weighted by atomic mass is 9.61. The van der Waals surface area contributed by atoms with Gasteiger partial charge in [-0.25, -0.2) is 0 Å². The van der Waals surface area contributed by atoms with E-state index in [1.807, 2.05) is 0 Å². The minimum Gasteiger partial charge on any atom is -0.327 e. The summed E-state index contributed by atoms with van der Waals surface area (Å²) >= 11 is 0. The van der Waals surface area contributed by atoms with Gasteiger partial charge in [-0.15, -0.1) is 0 Å². The van der Waals surface area contributed by atoms with Crippen LogP contribution in [0, 0.1) is 22.7 Å². The van der Waals surface area contributed by atoms with Crippen molar-refractivity contribution in [3.05, 3.63) is 0 Å². The van der Waals surface area contributed by atoms with Crippen molar-refractivity contribution in [1.29, 1.82) is 0 Å². The fourth-order valence-corrected chi connectivity index (χ4v) is 2.93. The lowest BCUT2D eigenvalue weighted by molar-refractivity contribution is 0.0528. The Bertz CT molecular complexity index is 240. The van der Waals surface area contributed by atoms with Crippen LogP contribution in [-0.2, 0) is 0 Å². The maximum Gasteiger partial charge on any atom is 0.00698 e. The summed E-state index contributed by atoms with van der Waals surface area (Å²) in [6.07, 6.45) is 2.46. The van der Waals surface area contributed by atoms with Crippen molar-refractivity contribution >= 4 is 0 Å². The molecule has 2 heteroatoms. The molecule has 3 atom stereocenters. The van der Waals surface area contributed by atoms with Crippen LogP contribution in [0.1, 0.15) is 54.4 Å². The van der Waals surface area contributed by atoms with Gasteiger partial charge in [0.15, 0.2) is 0 Å². The summed E-state index contributed by atoms with van der Waals surface area (Å²) in [5, 5.41) is 3.65. The molecule has 1 aliphatic rings. The van der Waals surface area contributed by atoms with E-state index in [1.54, 1.807) is 0 Å². The molecule has 0 aromatic heterocycles. The van der Waals surface area contributed by atoms with Gasteiger partial charge in [0, 0.05) is 6.04 Å². The zero-order chi connectivity index (χ0) is 13.3. The zero-order valence-corrected chi connectivity index (χ0v) is 12.6. The number of nitrogens with two attached hydrogens (primary N) is 1. The second kappa shape index (κ2) is 5.27. The highest BCUT2D eigenvalue weighted by molar-refractivity contribution is 4.94. The topological polar surface area (TPSA) is 38.0 Å². The molecule has 1 saturated carbocycles. The van der Waals surface area contributed by atoms with E-state index < -0.39 is 0 Å². The number of hydrogen-bond donors (Lipinski definition) is 2. The van der Waals surface area contributed by atoms with E-state index in [1.165, 1.54) is 12.8 Å². The molecule has 102 valence electrons. The minimum absolute atomic E-state index is 0.364. The summed E-state index contributed by atoms with van der Waals surface area (Å²) in [5.74, 6) is 1.39. The van der Waals surface area contributed by atoms with Crippen molar-refractivity contribution in [3.63, 3.8) is 0 Å². The summed E-state index contributed by atoms with van der Waals surface area (Å²) in [7, 11) is 0. The van der Waals surface area contributed by atoms with Crippen molar-refractivity contribution in [1.82, 2.24) is 5.32 Å². The SMILES string of the molecule is CC1C(N)CCC(CNCC(C)(C)C)C1(C)C. The first kappa shape index (κ1) is 15.0. The molecule has 3 unspecified atom stereocenters.